The van der Waals surface area contributed by atoms with Gasteiger partial charge >= 0.3 is 0 Å². The second-order valence-electron chi connectivity index (χ2n) is 6.34. The van der Waals surface area contributed by atoms with E-state index in [1.807, 2.05) is 11.9 Å². The number of nitrogens with zero attached hydrogens (tertiary/aromatic N) is 1. The summed E-state index contributed by atoms with van der Waals surface area (Å²) in [6.45, 7) is 3.49. The first kappa shape index (κ1) is 15.5. The molecule has 0 spiro atoms. The maximum absolute atomic E-state index is 12.5. The molecule has 1 aliphatic carbocycles. The summed E-state index contributed by atoms with van der Waals surface area (Å²) in [4.78, 5) is 12.3. The van der Waals surface area contributed by atoms with E-state index in [1.165, 1.54) is 25.3 Å². The van der Waals surface area contributed by atoms with Crippen molar-refractivity contribution < 1.29 is 13.2 Å². The maximum atomic E-state index is 12.5. The van der Waals surface area contributed by atoms with Crippen LogP contribution in [0, 0.1) is 18.8 Å². The number of hydrogen-bond acceptors (Lipinski definition) is 4. The first-order chi connectivity index (χ1) is 10.3. The Hall–Kier alpha value is -1.44. The second kappa shape index (κ2) is 5.64. The number of hydrazine groups is 1. The molecule has 2 aliphatic rings. The molecule has 3 rings (SSSR count). The highest BCUT2D eigenvalue weighted by molar-refractivity contribution is 7.89. The van der Waals surface area contributed by atoms with E-state index in [9.17, 15) is 13.2 Å². The van der Waals surface area contributed by atoms with Gasteiger partial charge in [0.25, 0.3) is 5.91 Å². The van der Waals surface area contributed by atoms with Crippen LogP contribution in [-0.4, -0.2) is 32.4 Å². The van der Waals surface area contributed by atoms with Gasteiger partial charge in [-0.05, 0) is 43.7 Å². The Morgan fingerprint density at radius 2 is 1.91 bits per heavy atom. The van der Waals surface area contributed by atoms with Crippen molar-refractivity contribution in [3.05, 3.63) is 29.3 Å². The molecule has 0 radical (unpaired) electrons. The Morgan fingerprint density at radius 3 is 2.50 bits per heavy atom. The van der Waals surface area contributed by atoms with Crippen molar-refractivity contribution in [3.8, 4) is 0 Å². The minimum absolute atomic E-state index is 0.111. The molecule has 120 valence electrons. The third-order valence-electron chi connectivity index (χ3n) is 4.67. The van der Waals surface area contributed by atoms with E-state index in [1.54, 1.807) is 12.1 Å². The van der Waals surface area contributed by atoms with E-state index in [-0.39, 0.29) is 10.5 Å². The summed E-state index contributed by atoms with van der Waals surface area (Å²) in [5, 5.41) is 7.12. The zero-order valence-corrected chi connectivity index (χ0v) is 13.4. The fourth-order valence-electron chi connectivity index (χ4n) is 3.60. The van der Waals surface area contributed by atoms with Gasteiger partial charge in [0.1, 0.15) is 0 Å². The molecule has 1 saturated heterocycles. The smallest absolute Gasteiger partial charge is 0.266 e. The zero-order valence-electron chi connectivity index (χ0n) is 12.6. The molecule has 1 heterocycles. The number of nitrogens with one attached hydrogen (secondary N) is 1. The molecule has 7 heteroatoms. The lowest BCUT2D eigenvalue weighted by atomic mass is 10.0. The van der Waals surface area contributed by atoms with Crippen LogP contribution in [0.5, 0.6) is 0 Å². The molecule has 3 N–H and O–H groups in total. The first-order valence-corrected chi connectivity index (χ1v) is 9.08. The van der Waals surface area contributed by atoms with Gasteiger partial charge in [0.05, 0.1) is 10.5 Å². The molecule has 1 aliphatic heterocycles. The normalized spacial score (nSPS) is 25.2. The van der Waals surface area contributed by atoms with Gasteiger partial charge in [-0.2, -0.15) is 0 Å². The van der Waals surface area contributed by atoms with Crippen LogP contribution >= 0.6 is 0 Å². The maximum Gasteiger partial charge on any atom is 0.266 e. The van der Waals surface area contributed by atoms with Gasteiger partial charge in [-0.15, -0.1) is 0 Å². The molecular formula is C15H21N3O3S. The molecule has 2 atom stereocenters. The minimum atomic E-state index is -3.92. The van der Waals surface area contributed by atoms with E-state index in [2.05, 4.69) is 5.43 Å². The largest absolute Gasteiger partial charge is 0.285 e. The predicted molar refractivity (Wildman–Crippen MR) is 82.4 cm³/mol. The van der Waals surface area contributed by atoms with Gasteiger partial charge in [-0.25, -0.2) is 18.6 Å². The van der Waals surface area contributed by atoms with E-state index >= 15 is 0 Å². The molecule has 0 aromatic heterocycles. The SMILES string of the molecule is Cc1ccc(S(N)(=O)=O)c(C(=O)NN2CC3CCCC3C2)c1. The summed E-state index contributed by atoms with van der Waals surface area (Å²) in [7, 11) is -3.92. The molecular weight excluding hydrogens is 302 g/mol. The number of fused-ring (bicyclic) bond motifs is 1. The van der Waals surface area contributed by atoms with Crippen LogP contribution in [0.15, 0.2) is 23.1 Å². The Kier molecular flexibility index (Phi) is 3.96. The summed E-state index contributed by atoms with van der Waals surface area (Å²) >= 11 is 0. The van der Waals surface area contributed by atoms with Crippen molar-refractivity contribution in [1.29, 1.82) is 0 Å². The number of carbonyl (C=O) groups is 1. The number of amides is 1. The summed E-state index contributed by atoms with van der Waals surface area (Å²) in [6, 6.07) is 4.58. The Balaban J connectivity index is 1.79. The van der Waals surface area contributed by atoms with Crippen LogP contribution in [-0.2, 0) is 10.0 Å². The number of carbonyl (C=O) groups excluding carboxylic acids is 1. The van der Waals surface area contributed by atoms with Crippen LogP contribution in [0.4, 0.5) is 0 Å². The summed E-state index contributed by atoms with van der Waals surface area (Å²) in [5.41, 5.74) is 3.76. The number of sulfonamides is 1. The van der Waals surface area contributed by atoms with Crippen molar-refractivity contribution >= 4 is 15.9 Å². The molecule has 1 aromatic rings. The van der Waals surface area contributed by atoms with E-state index in [0.717, 1.165) is 18.7 Å². The van der Waals surface area contributed by atoms with Crippen LogP contribution in [0.3, 0.4) is 0 Å². The number of nitrogens with two attached hydrogens (primary N) is 1. The molecule has 0 bridgehead atoms. The first-order valence-electron chi connectivity index (χ1n) is 7.54. The summed E-state index contributed by atoms with van der Waals surface area (Å²) in [6.07, 6.45) is 3.69. The Labute approximate surface area is 130 Å². The zero-order chi connectivity index (χ0) is 15.9. The van der Waals surface area contributed by atoms with Crippen LogP contribution in [0.2, 0.25) is 0 Å². The molecule has 2 unspecified atom stereocenters. The Morgan fingerprint density at radius 1 is 1.27 bits per heavy atom. The van der Waals surface area contributed by atoms with Crippen molar-refractivity contribution in [2.75, 3.05) is 13.1 Å². The monoisotopic (exact) mass is 323 g/mol. The highest BCUT2D eigenvalue weighted by atomic mass is 32.2. The van der Waals surface area contributed by atoms with Crippen LogP contribution in [0.25, 0.3) is 0 Å². The summed E-state index contributed by atoms with van der Waals surface area (Å²) < 4.78 is 23.3. The van der Waals surface area contributed by atoms with E-state index in [0.29, 0.717) is 11.8 Å². The molecule has 1 amide bonds. The van der Waals surface area contributed by atoms with Crippen LogP contribution in [0.1, 0.15) is 35.2 Å². The number of rotatable bonds is 3. The van der Waals surface area contributed by atoms with Gasteiger partial charge in [-0.1, -0.05) is 18.1 Å². The van der Waals surface area contributed by atoms with Gasteiger partial charge in [-0.3, -0.25) is 10.2 Å². The predicted octanol–water partition coefficient (Wildman–Crippen LogP) is 1.02. The van der Waals surface area contributed by atoms with Gasteiger partial charge in [0, 0.05) is 13.1 Å². The number of aryl methyl sites for hydroxylation is 1. The summed E-state index contributed by atoms with van der Waals surface area (Å²) in [5.74, 6) is 0.888. The lowest BCUT2D eigenvalue weighted by molar-refractivity contribution is 0.0811. The number of benzene rings is 1. The topological polar surface area (TPSA) is 92.5 Å². The number of hydrogen-bond donors (Lipinski definition) is 2. The highest BCUT2D eigenvalue weighted by Gasteiger charge is 2.37. The average molecular weight is 323 g/mol. The van der Waals surface area contributed by atoms with Crippen molar-refractivity contribution in [2.24, 2.45) is 17.0 Å². The molecule has 1 saturated carbocycles. The standard InChI is InChI=1S/C15H21N3O3S/c1-10-5-6-14(22(16,20)21)13(7-10)15(19)17-18-8-11-3-2-4-12(11)9-18/h5-7,11-12H,2-4,8-9H2,1H3,(H,17,19)(H2,16,20,21). The average Bonchev–Trinajstić information content (AvgIpc) is 2.97. The lowest BCUT2D eigenvalue weighted by Gasteiger charge is -2.19. The van der Waals surface area contributed by atoms with Crippen molar-refractivity contribution in [3.63, 3.8) is 0 Å². The van der Waals surface area contributed by atoms with E-state index < -0.39 is 15.9 Å². The molecule has 2 fully saturated rings. The fourth-order valence-corrected chi connectivity index (χ4v) is 4.32. The third kappa shape index (κ3) is 3.02. The molecule has 6 nitrogen and oxygen atoms in total. The fraction of sp³-hybridized carbons (Fsp3) is 0.533. The van der Waals surface area contributed by atoms with E-state index in [4.69, 9.17) is 5.14 Å². The number of primary sulfonamides is 1. The third-order valence-corrected chi connectivity index (χ3v) is 5.64. The van der Waals surface area contributed by atoms with Gasteiger partial charge in [0.2, 0.25) is 10.0 Å². The highest BCUT2D eigenvalue weighted by Crippen LogP contribution is 2.36. The van der Waals surface area contributed by atoms with Crippen LogP contribution < -0.4 is 10.6 Å². The van der Waals surface area contributed by atoms with Crippen molar-refractivity contribution in [2.45, 2.75) is 31.1 Å². The Bertz CT molecular complexity index is 690. The molecule has 22 heavy (non-hydrogen) atoms. The molecule has 1 aromatic carbocycles. The van der Waals surface area contributed by atoms with Gasteiger partial charge < -0.3 is 0 Å². The lowest BCUT2D eigenvalue weighted by Crippen LogP contribution is -2.41. The quantitative estimate of drug-likeness (QED) is 0.868. The minimum Gasteiger partial charge on any atom is -0.285 e. The van der Waals surface area contributed by atoms with Gasteiger partial charge in [0.15, 0.2) is 0 Å². The van der Waals surface area contributed by atoms with Crippen molar-refractivity contribution in [1.82, 2.24) is 10.4 Å². The second-order valence-corrected chi connectivity index (χ2v) is 7.87.